The van der Waals surface area contributed by atoms with Crippen LogP contribution in [-0.4, -0.2) is 16.3 Å². The molecule has 3 aromatic rings. The number of benzene rings is 2. The van der Waals surface area contributed by atoms with E-state index in [1.165, 1.54) is 0 Å². The molecule has 2 aromatic carbocycles. The summed E-state index contributed by atoms with van der Waals surface area (Å²) in [5.74, 6) is 0.881. The summed E-state index contributed by atoms with van der Waals surface area (Å²) in [6.07, 6.45) is 3.96. The van der Waals surface area contributed by atoms with Crippen molar-refractivity contribution in [2.75, 3.05) is 5.43 Å². The van der Waals surface area contributed by atoms with Gasteiger partial charge >= 0.3 is 0 Å². The normalized spacial score (nSPS) is 11.0. The van der Waals surface area contributed by atoms with Gasteiger partial charge in [-0.15, -0.1) is 6.58 Å². The number of phenolic OH excluding ortho intramolecular Hbond substituents is 1. The number of allylic oxidation sites excluding steroid dienone is 1. The molecular weight excluding hydrogens is 286 g/mol. The quantitative estimate of drug-likeness (QED) is 0.423. The smallest absolute Gasteiger partial charge is 0.146 e. The number of pyridine rings is 1. The highest BCUT2D eigenvalue weighted by Gasteiger charge is 2.03. The third-order valence-corrected chi connectivity index (χ3v) is 3.50. The number of hydrazone groups is 1. The van der Waals surface area contributed by atoms with E-state index in [4.69, 9.17) is 0 Å². The standard InChI is InChI=1S/C19H17N3O/c1-2-6-15-8-5-9-16(19(15)23)13-20-22-18-12-11-14-7-3-4-10-17(14)21-18/h2-5,7-13,23H,1,6H2,(H,21,22)/b20-13-. The minimum atomic E-state index is 0.226. The summed E-state index contributed by atoms with van der Waals surface area (Å²) >= 11 is 0. The molecule has 0 bridgehead atoms. The Labute approximate surface area is 134 Å². The van der Waals surface area contributed by atoms with Gasteiger partial charge in [-0.25, -0.2) is 4.98 Å². The Kier molecular flexibility index (Phi) is 4.34. The summed E-state index contributed by atoms with van der Waals surface area (Å²) in [4.78, 5) is 4.48. The number of para-hydroxylation sites is 2. The summed E-state index contributed by atoms with van der Waals surface area (Å²) in [5.41, 5.74) is 5.27. The summed E-state index contributed by atoms with van der Waals surface area (Å²) < 4.78 is 0. The molecule has 0 saturated carbocycles. The number of nitrogens with one attached hydrogen (secondary N) is 1. The topological polar surface area (TPSA) is 57.5 Å². The van der Waals surface area contributed by atoms with Crippen LogP contribution in [0.4, 0.5) is 5.82 Å². The van der Waals surface area contributed by atoms with Gasteiger partial charge in [0.1, 0.15) is 11.6 Å². The van der Waals surface area contributed by atoms with Crippen molar-refractivity contribution in [3.63, 3.8) is 0 Å². The Balaban J connectivity index is 1.77. The highest BCUT2D eigenvalue weighted by Crippen LogP contribution is 2.21. The van der Waals surface area contributed by atoms with Gasteiger partial charge in [0.05, 0.1) is 11.7 Å². The van der Waals surface area contributed by atoms with E-state index in [1.807, 2.05) is 48.5 Å². The fraction of sp³-hybridized carbons (Fsp3) is 0.0526. The monoisotopic (exact) mass is 303 g/mol. The predicted molar refractivity (Wildman–Crippen MR) is 95.0 cm³/mol. The van der Waals surface area contributed by atoms with Gasteiger partial charge in [-0.05, 0) is 36.2 Å². The number of rotatable bonds is 5. The molecule has 0 aliphatic carbocycles. The van der Waals surface area contributed by atoms with Crippen LogP contribution in [0.2, 0.25) is 0 Å². The van der Waals surface area contributed by atoms with Crippen molar-refractivity contribution in [3.8, 4) is 5.75 Å². The lowest BCUT2D eigenvalue weighted by Gasteiger charge is -2.05. The van der Waals surface area contributed by atoms with Crippen LogP contribution in [-0.2, 0) is 6.42 Å². The second-order valence-corrected chi connectivity index (χ2v) is 5.11. The van der Waals surface area contributed by atoms with E-state index in [9.17, 15) is 5.11 Å². The molecule has 4 nitrogen and oxygen atoms in total. The average Bonchev–Trinajstić information content (AvgIpc) is 2.58. The zero-order chi connectivity index (χ0) is 16.1. The molecule has 0 aliphatic rings. The largest absolute Gasteiger partial charge is 0.507 e. The van der Waals surface area contributed by atoms with Crippen molar-refractivity contribution >= 4 is 22.9 Å². The second kappa shape index (κ2) is 6.75. The van der Waals surface area contributed by atoms with Crippen LogP contribution in [0, 0.1) is 0 Å². The van der Waals surface area contributed by atoms with Crippen LogP contribution < -0.4 is 5.43 Å². The summed E-state index contributed by atoms with van der Waals surface area (Å²) in [6, 6.07) is 17.3. The fourth-order valence-corrected chi connectivity index (χ4v) is 2.33. The van der Waals surface area contributed by atoms with Crippen molar-refractivity contribution in [1.29, 1.82) is 0 Å². The lowest BCUT2D eigenvalue weighted by atomic mass is 10.1. The molecule has 0 saturated heterocycles. The molecule has 1 heterocycles. The minimum Gasteiger partial charge on any atom is -0.507 e. The zero-order valence-corrected chi connectivity index (χ0v) is 12.6. The van der Waals surface area contributed by atoms with Gasteiger partial charge in [-0.3, -0.25) is 5.43 Å². The summed E-state index contributed by atoms with van der Waals surface area (Å²) in [7, 11) is 0. The van der Waals surface area contributed by atoms with E-state index in [0.29, 0.717) is 17.8 Å². The third-order valence-electron chi connectivity index (χ3n) is 3.50. The first-order chi connectivity index (χ1) is 11.3. The third kappa shape index (κ3) is 3.37. The Bertz CT molecular complexity index is 871. The van der Waals surface area contributed by atoms with Crippen LogP contribution in [0.5, 0.6) is 5.75 Å². The van der Waals surface area contributed by atoms with Gasteiger partial charge in [-0.2, -0.15) is 5.10 Å². The molecule has 0 fully saturated rings. The van der Waals surface area contributed by atoms with Crippen LogP contribution >= 0.6 is 0 Å². The maximum atomic E-state index is 10.2. The number of anilines is 1. The molecule has 23 heavy (non-hydrogen) atoms. The maximum absolute atomic E-state index is 10.2. The zero-order valence-electron chi connectivity index (χ0n) is 12.6. The van der Waals surface area contributed by atoms with Gasteiger partial charge in [0.2, 0.25) is 0 Å². The van der Waals surface area contributed by atoms with Crippen molar-refractivity contribution < 1.29 is 5.11 Å². The van der Waals surface area contributed by atoms with Gasteiger partial charge in [0.25, 0.3) is 0 Å². The summed E-state index contributed by atoms with van der Waals surface area (Å²) in [5, 5.41) is 15.4. The van der Waals surface area contributed by atoms with Gasteiger partial charge in [0, 0.05) is 10.9 Å². The maximum Gasteiger partial charge on any atom is 0.146 e. The minimum absolute atomic E-state index is 0.226. The average molecular weight is 303 g/mol. The van der Waals surface area contributed by atoms with Crippen molar-refractivity contribution in [1.82, 2.24) is 4.98 Å². The van der Waals surface area contributed by atoms with Crippen molar-refractivity contribution in [2.45, 2.75) is 6.42 Å². The SMILES string of the molecule is C=CCc1cccc(/C=N\Nc2ccc3ccccc3n2)c1O. The van der Waals surface area contributed by atoms with E-state index >= 15 is 0 Å². The van der Waals surface area contributed by atoms with E-state index in [0.717, 1.165) is 16.5 Å². The van der Waals surface area contributed by atoms with Gasteiger partial charge in [0.15, 0.2) is 0 Å². The highest BCUT2D eigenvalue weighted by molar-refractivity contribution is 5.85. The molecule has 3 rings (SSSR count). The molecule has 0 aliphatic heterocycles. The van der Waals surface area contributed by atoms with Crippen LogP contribution in [0.3, 0.4) is 0 Å². The number of phenols is 1. The fourth-order valence-electron chi connectivity index (χ4n) is 2.33. The molecule has 114 valence electrons. The number of fused-ring (bicyclic) bond motifs is 1. The molecule has 0 spiro atoms. The number of aromatic hydroxyl groups is 1. The lowest BCUT2D eigenvalue weighted by Crippen LogP contribution is -1.95. The van der Waals surface area contributed by atoms with E-state index < -0.39 is 0 Å². The first-order valence-corrected chi connectivity index (χ1v) is 7.34. The first kappa shape index (κ1) is 14.8. The second-order valence-electron chi connectivity index (χ2n) is 5.11. The number of aromatic nitrogens is 1. The summed E-state index contributed by atoms with van der Waals surface area (Å²) in [6.45, 7) is 3.69. The molecule has 4 heteroatoms. The molecular formula is C19H17N3O. The number of hydrogen-bond donors (Lipinski definition) is 2. The van der Waals surface area contributed by atoms with Crippen molar-refractivity contribution in [2.24, 2.45) is 5.10 Å². The number of nitrogens with zero attached hydrogens (tertiary/aromatic N) is 2. The molecule has 1 aromatic heterocycles. The first-order valence-electron chi connectivity index (χ1n) is 7.34. The van der Waals surface area contributed by atoms with Crippen LogP contribution in [0.1, 0.15) is 11.1 Å². The molecule has 0 atom stereocenters. The Hall–Kier alpha value is -3.14. The molecule has 0 amide bonds. The van der Waals surface area contributed by atoms with Gasteiger partial charge in [-0.1, -0.05) is 36.4 Å². The highest BCUT2D eigenvalue weighted by atomic mass is 16.3. The molecule has 0 unspecified atom stereocenters. The Morgan fingerprint density at radius 2 is 1.96 bits per heavy atom. The predicted octanol–water partition coefficient (Wildman–Crippen LogP) is 4.11. The van der Waals surface area contributed by atoms with Crippen LogP contribution in [0.25, 0.3) is 10.9 Å². The van der Waals surface area contributed by atoms with E-state index in [-0.39, 0.29) is 5.75 Å². The Morgan fingerprint density at radius 1 is 1.09 bits per heavy atom. The molecule has 2 N–H and O–H groups in total. The van der Waals surface area contributed by atoms with E-state index in [1.54, 1.807) is 18.4 Å². The molecule has 0 radical (unpaired) electrons. The Morgan fingerprint density at radius 3 is 2.83 bits per heavy atom. The van der Waals surface area contributed by atoms with Gasteiger partial charge < -0.3 is 5.11 Å². The van der Waals surface area contributed by atoms with Crippen molar-refractivity contribution in [3.05, 3.63) is 78.4 Å². The van der Waals surface area contributed by atoms with E-state index in [2.05, 4.69) is 22.1 Å². The number of hydrogen-bond acceptors (Lipinski definition) is 4. The lowest BCUT2D eigenvalue weighted by molar-refractivity contribution is 0.469. The van der Waals surface area contributed by atoms with Crippen LogP contribution in [0.15, 0.2) is 72.4 Å².